The number of likely N-dealkylation sites (N-methyl/N-ethyl adjacent to an activating group) is 1. The van der Waals surface area contributed by atoms with Gasteiger partial charge in [-0.15, -0.1) is 11.3 Å². The zero-order chi connectivity index (χ0) is 12.3. The Balaban J connectivity index is 2.07. The van der Waals surface area contributed by atoms with Gasteiger partial charge >= 0.3 is 0 Å². The molecule has 0 aliphatic rings. The first-order chi connectivity index (χ1) is 8.20. The van der Waals surface area contributed by atoms with E-state index in [1.807, 2.05) is 19.2 Å². The van der Waals surface area contributed by atoms with E-state index in [4.69, 9.17) is 5.11 Å². The maximum absolute atomic E-state index is 8.91. The second-order valence-electron chi connectivity index (χ2n) is 4.33. The molecule has 2 aromatic rings. The predicted octanol–water partition coefficient (Wildman–Crippen LogP) is 2.15. The SMILES string of the molecule is CC(Cc1nc2ccccc2s1)N(C)CCO. The van der Waals surface area contributed by atoms with Crippen molar-refractivity contribution in [3.63, 3.8) is 0 Å². The van der Waals surface area contributed by atoms with Crippen molar-refractivity contribution in [3.05, 3.63) is 29.3 Å². The first kappa shape index (κ1) is 12.5. The van der Waals surface area contributed by atoms with Gasteiger partial charge in [0.05, 0.1) is 21.8 Å². The lowest BCUT2D eigenvalue weighted by Crippen LogP contribution is -2.33. The van der Waals surface area contributed by atoms with Crippen LogP contribution < -0.4 is 0 Å². The van der Waals surface area contributed by atoms with Crippen LogP contribution in [-0.4, -0.2) is 41.2 Å². The maximum Gasteiger partial charge on any atom is 0.0954 e. The van der Waals surface area contributed by atoms with Crippen LogP contribution in [0.3, 0.4) is 0 Å². The summed E-state index contributed by atoms with van der Waals surface area (Å²) in [4.78, 5) is 6.78. The first-order valence-electron chi connectivity index (χ1n) is 5.86. The molecule has 0 radical (unpaired) electrons. The number of aliphatic hydroxyl groups is 1. The molecule has 0 spiro atoms. The second-order valence-corrected chi connectivity index (χ2v) is 5.45. The monoisotopic (exact) mass is 250 g/mol. The van der Waals surface area contributed by atoms with Crippen LogP contribution in [0.5, 0.6) is 0 Å². The van der Waals surface area contributed by atoms with Crippen LogP contribution in [-0.2, 0) is 6.42 Å². The molecule has 1 unspecified atom stereocenters. The highest BCUT2D eigenvalue weighted by atomic mass is 32.1. The smallest absolute Gasteiger partial charge is 0.0954 e. The minimum absolute atomic E-state index is 0.209. The Morgan fingerprint density at radius 3 is 2.88 bits per heavy atom. The fourth-order valence-corrected chi connectivity index (χ4v) is 2.88. The highest BCUT2D eigenvalue weighted by molar-refractivity contribution is 7.18. The zero-order valence-electron chi connectivity index (χ0n) is 10.3. The van der Waals surface area contributed by atoms with Crippen LogP contribution in [0.1, 0.15) is 11.9 Å². The predicted molar refractivity (Wildman–Crippen MR) is 72.5 cm³/mol. The number of fused-ring (bicyclic) bond motifs is 1. The molecule has 0 bridgehead atoms. The van der Waals surface area contributed by atoms with Gasteiger partial charge in [-0.1, -0.05) is 12.1 Å². The summed E-state index contributed by atoms with van der Waals surface area (Å²) in [5.74, 6) is 0. The third kappa shape index (κ3) is 3.03. The minimum Gasteiger partial charge on any atom is -0.395 e. The normalized spacial score (nSPS) is 13.4. The molecule has 1 heterocycles. The lowest BCUT2D eigenvalue weighted by molar-refractivity contribution is 0.187. The van der Waals surface area contributed by atoms with Gasteiger partial charge in [0.2, 0.25) is 0 Å². The van der Waals surface area contributed by atoms with Crippen molar-refractivity contribution in [2.45, 2.75) is 19.4 Å². The summed E-state index contributed by atoms with van der Waals surface area (Å²) in [6.45, 7) is 3.09. The van der Waals surface area contributed by atoms with Crippen molar-refractivity contribution in [1.29, 1.82) is 0 Å². The molecule has 92 valence electrons. The van der Waals surface area contributed by atoms with E-state index in [0.29, 0.717) is 12.6 Å². The Labute approximate surface area is 106 Å². The summed E-state index contributed by atoms with van der Waals surface area (Å²) in [6.07, 6.45) is 0.940. The number of aliphatic hydroxyl groups excluding tert-OH is 1. The summed E-state index contributed by atoms with van der Waals surface area (Å²) in [7, 11) is 2.04. The lowest BCUT2D eigenvalue weighted by Gasteiger charge is -2.22. The Morgan fingerprint density at radius 2 is 2.18 bits per heavy atom. The summed E-state index contributed by atoms with van der Waals surface area (Å²) in [6, 6.07) is 8.64. The van der Waals surface area contributed by atoms with Gasteiger partial charge in [-0.05, 0) is 26.1 Å². The van der Waals surface area contributed by atoms with Crippen molar-refractivity contribution >= 4 is 21.6 Å². The Morgan fingerprint density at radius 1 is 1.41 bits per heavy atom. The molecule has 0 saturated carbocycles. The zero-order valence-corrected chi connectivity index (χ0v) is 11.1. The van der Waals surface area contributed by atoms with Gasteiger partial charge in [-0.25, -0.2) is 4.98 Å². The van der Waals surface area contributed by atoms with Crippen LogP contribution in [0.4, 0.5) is 0 Å². The number of aromatic nitrogens is 1. The molecule has 1 aromatic carbocycles. The molecule has 3 nitrogen and oxygen atoms in total. The van der Waals surface area contributed by atoms with Gasteiger partial charge in [0.25, 0.3) is 0 Å². The number of benzene rings is 1. The van der Waals surface area contributed by atoms with E-state index in [2.05, 4.69) is 28.9 Å². The molecule has 17 heavy (non-hydrogen) atoms. The van der Waals surface area contributed by atoms with Crippen molar-refractivity contribution in [2.75, 3.05) is 20.2 Å². The molecule has 4 heteroatoms. The topological polar surface area (TPSA) is 36.4 Å². The third-order valence-electron chi connectivity index (χ3n) is 3.01. The van der Waals surface area contributed by atoms with Crippen molar-refractivity contribution in [2.24, 2.45) is 0 Å². The summed E-state index contributed by atoms with van der Waals surface area (Å²) >= 11 is 1.76. The van der Waals surface area contributed by atoms with Gasteiger partial charge < -0.3 is 10.0 Å². The second kappa shape index (κ2) is 5.58. The number of hydrogen-bond acceptors (Lipinski definition) is 4. The van der Waals surface area contributed by atoms with E-state index >= 15 is 0 Å². The Hall–Kier alpha value is -0.970. The molecule has 0 aliphatic carbocycles. The van der Waals surface area contributed by atoms with Crippen molar-refractivity contribution in [1.82, 2.24) is 9.88 Å². The summed E-state index contributed by atoms with van der Waals surface area (Å²) in [5, 5.41) is 10.1. The van der Waals surface area contributed by atoms with Crippen LogP contribution in [0.2, 0.25) is 0 Å². The average molecular weight is 250 g/mol. The number of para-hydroxylation sites is 1. The van der Waals surface area contributed by atoms with E-state index in [9.17, 15) is 0 Å². The molecule has 1 atom stereocenters. The quantitative estimate of drug-likeness (QED) is 0.883. The van der Waals surface area contributed by atoms with Crippen LogP contribution in [0.25, 0.3) is 10.2 Å². The number of thiazole rings is 1. The number of nitrogens with zero attached hydrogens (tertiary/aromatic N) is 2. The Bertz CT molecular complexity index is 450. The van der Waals surface area contributed by atoms with E-state index in [-0.39, 0.29) is 6.61 Å². The van der Waals surface area contributed by atoms with Crippen LogP contribution in [0.15, 0.2) is 24.3 Å². The van der Waals surface area contributed by atoms with Crippen molar-refractivity contribution in [3.8, 4) is 0 Å². The number of rotatable bonds is 5. The standard InChI is InChI=1S/C13H18N2OS/c1-10(15(2)7-8-16)9-13-14-11-5-3-4-6-12(11)17-13/h3-6,10,16H,7-9H2,1-2H3. The fourth-order valence-electron chi connectivity index (χ4n) is 1.79. The maximum atomic E-state index is 8.91. The van der Waals surface area contributed by atoms with Gasteiger partial charge in [0, 0.05) is 19.0 Å². The molecule has 0 fully saturated rings. The Kier molecular flexibility index (Phi) is 4.10. The molecule has 1 N–H and O–H groups in total. The summed E-state index contributed by atoms with van der Waals surface area (Å²) in [5.41, 5.74) is 1.09. The largest absolute Gasteiger partial charge is 0.395 e. The van der Waals surface area contributed by atoms with E-state index in [1.54, 1.807) is 11.3 Å². The van der Waals surface area contributed by atoms with E-state index in [1.165, 1.54) is 9.71 Å². The number of hydrogen-bond donors (Lipinski definition) is 1. The molecule has 1 aromatic heterocycles. The molecule has 2 rings (SSSR count). The highest BCUT2D eigenvalue weighted by Crippen LogP contribution is 2.23. The minimum atomic E-state index is 0.209. The fraction of sp³-hybridized carbons (Fsp3) is 0.462. The summed E-state index contributed by atoms with van der Waals surface area (Å²) < 4.78 is 1.25. The molecule has 0 amide bonds. The van der Waals surface area contributed by atoms with Gasteiger partial charge in [0.1, 0.15) is 0 Å². The highest BCUT2D eigenvalue weighted by Gasteiger charge is 2.12. The van der Waals surface area contributed by atoms with Gasteiger partial charge in [-0.2, -0.15) is 0 Å². The molecule has 0 aliphatic heterocycles. The molecular formula is C13H18N2OS. The van der Waals surface area contributed by atoms with Crippen molar-refractivity contribution < 1.29 is 5.11 Å². The lowest BCUT2D eigenvalue weighted by atomic mass is 10.2. The van der Waals surface area contributed by atoms with Gasteiger partial charge in [-0.3, -0.25) is 0 Å². The molecular weight excluding hydrogens is 232 g/mol. The molecule has 0 saturated heterocycles. The first-order valence-corrected chi connectivity index (χ1v) is 6.68. The van der Waals surface area contributed by atoms with E-state index < -0.39 is 0 Å². The third-order valence-corrected chi connectivity index (χ3v) is 4.07. The van der Waals surface area contributed by atoms with Crippen LogP contribution >= 0.6 is 11.3 Å². The van der Waals surface area contributed by atoms with Gasteiger partial charge in [0.15, 0.2) is 0 Å². The average Bonchev–Trinajstić information content (AvgIpc) is 2.71. The van der Waals surface area contributed by atoms with E-state index in [0.717, 1.165) is 11.9 Å². The van der Waals surface area contributed by atoms with Crippen LogP contribution in [0, 0.1) is 0 Å².